The van der Waals surface area contributed by atoms with E-state index in [1.165, 1.54) is 5.57 Å². The SMILES string of the molecule is CCC(=Cc1nc(C2CCOC2)no1)CC. The van der Waals surface area contributed by atoms with E-state index in [0.29, 0.717) is 11.8 Å². The lowest BCUT2D eigenvalue weighted by Gasteiger charge is -1.97. The summed E-state index contributed by atoms with van der Waals surface area (Å²) < 4.78 is 10.5. The molecular formula is C12H18N2O2. The van der Waals surface area contributed by atoms with Gasteiger partial charge in [-0.15, -0.1) is 0 Å². The van der Waals surface area contributed by atoms with Crippen LogP contribution in [0.2, 0.25) is 0 Å². The lowest BCUT2D eigenvalue weighted by atomic mass is 10.1. The summed E-state index contributed by atoms with van der Waals surface area (Å²) in [4.78, 5) is 4.39. The smallest absolute Gasteiger partial charge is 0.250 e. The van der Waals surface area contributed by atoms with Crippen molar-refractivity contribution in [2.24, 2.45) is 0 Å². The molecule has 4 heteroatoms. The molecular weight excluding hydrogens is 204 g/mol. The minimum atomic E-state index is 0.317. The average Bonchev–Trinajstić information content (AvgIpc) is 2.96. The van der Waals surface area contributed by atoms with Gasteiger partial charge in [0.2, 0.25) is 0 Å². The standard InChI is InChI=1S/C12H18N2O2/c1-3-9(4-2)7-11-13-12(14-16-11)10-5-6-15-8-10/h7,10H,3-6,8H2,1-2H3. The topological polar surface area (TPSA) is 48.2 Å². The summed E-state index contributed by atoms with van der Waals surface area (Å²) in [5.74, 6) is 1.73. The lowest BCUT2D eigenvalue weighted by Crippen LogP contribution is -1.99. The lowest BCUT2D eigenvalue weighted by molar-refractivity contribution is 0.192. The van der Waals surface area contributed by atoms with Crippen molar-refractivity contribution >= 4 is 6.08 Å². The van der Waals surface area contributed by atoms with E-state index in [-0.39, 0.29) is 0 Å². The van der Waals surface area contributed by atoms with Crippen molar-refractivity contribution in [3.8, 4) is 0 Å². The number of allylic oxidation sites excluding steroid dienone is 1. The molecule has 0 spiro atoms. The summed E-state index contributed by atoms with van der Waals surface area (Å²) in [5, 5.41) is 4.01. The van der Waals surface area contributed by atoms with Gasteiger partial charge in [-0.25, -0.2) is 0 Å². The first-order chi connectivity index (χ1) is 7.83. The van der Waals surface area contributed by atoms with Crippen molar-refractivity contribution < 1.29 is 9.26 Å². The van der Waals surface area contributed by atoms with Crippen LogP contribution in [-0.4, -0.2) is 23.4 Å². The number of rotatable bonds is 4. The second kappa shape index (κ2) is 5.25. The van der Waals surface area contributed by atoms with Crippen molar-refractivity contribution in [2.75, 3.05) is 13.2 Å². The summed E-state index contributed by atoms with van der Waals surface area (Å²) >= 11 is 0. The van der Waals surface area contributed by atoms with Gasteiger partial charge in [0.1, 0.15) is 0 Å². The molecule has 1 aliphatic heterocycles. The van der Waals surface area contributed by atoms with Crippen LogP contribution in [0.3, 0.4) is 0 Å². The largest absolute Gasteiger partial charge is 0.381 e. The third kappa shape index (κ3) is 2.50. The molecule has 0 radical (unpaired) electrons. The predicted octanol–water partition coefficient (Wildman–Crippen LogP) is 2.78. The molecule has 1 unspecified atom stereocenters. The predicted molar refractivity (Wildman–Crippen MR) is 61.0 cm³/mol. The van der Waals surface area contributed by atoms with E-state index in [1.807, 2.05) is 6.08 Å². The molecule has 2 heterocycles. The van der Waals surface area contributed by atoms with Crippen LogP contribution in [0.4, 0.5) is 0 Å². The summed E-state index contributed by atoms with van der Waals surface area (Å²) in [6, 6.07) is 0. The molecule has 1 aromatic heterocycles. The maximum atomic E-state index is 5.31. The second-order valence-corrected chi connectivity index (χ2v) is 4.06. The zero-order valence-electron chi connectivity index (χ0n) is 9.90. The Morgan fingerprint density at radius 1 is 1.44 bits per heavy atom. The molecule has 0 aromatic carbocycles. The number of ether oxygens (including phenoxy) is 1. The summed E-state index contributed by atoms with van der Waals surface area (Å²) in [6.07, 6.45) is 5.05. The van der Waals surface area contributed by atoms with Crippen LogP contribution in [-0.2, 0) is 4.74 Å². The van der Waals surface area contributed by atoms with Gasteiger partial charge in [0, 0.05) is 18.6 Å². The van der Waals surface area contributed by atoms with Crippen LogP contribution < -0.4 is 0 Å². The average molecular weight is 222 g/mol. The Hall–Kier alpha value is -1.16. The van der Waals surface area contributed by atoms with Crippen molar-refractivity contribution in [1.29, 1.82) is 0 Å². The van der Waals surface area contributed by atoms with E-state index >= 15 is 0 Å². The van der Waals surface area contributed by atoms with E-state index in [0.717, 1.165) is 38.3 Å². The second-order valence-electron chi connectivity index (χ2n) is 4.06. The fourth-order valence-electron chi connectivity index (χ4n) is 1.84. The normalized spacial score (nSPS) is 20.0. The number of aromatic nitrogens is 2. The molecule has 1 aliphatic rings. The van der Waals surface area contributed by atoms with Gasteiger partial charge in [0.05, 0.1) is 6.61 Å². The van der Waals surface area contributed by atoms with Crippen LogP contribution >= 0.6 is 0 Å². The first-order valence-corrected chi connectivity index (χ1v) is 5.94. The van der Waals surface area contributed by atoms with Gasteiger partial charge in [-0.05, 0) is 19.3 Å². The Bertz CT molecular complexity index is 359. The molecule has 0 aliphatic carbocycles. The van der Waals surface area contributed by atoms with Crippen molar-refractivity contribution in [3.63, 3.8) is 0 Å². The maximum Gasteiger partial charge on any atom is 0.250 e. The molecule has 1 saturated heterocycles. The van der Waals surface area contributed by atoms with E-state index in [4.69, 9.17) is 9.26 Å². The zero-order chi connectivity index (χ0) is 11.4. The third-order valence-corrected chi connectivity index (χ3v) is 2.99. The van der Waals surface area contributed by atoms with Gasteiger partial charge >= 0.3 is 0 Å². The highest BCUT2D eigenvalue weighted by Crippen LogP contribution is 2.23. The molecule has 4 nitrogen and oxygen atoms in total. The van der Waals surface area contributed by atoms with Gasteiger partial charge in [-0.3, -0.25) is 0 Å². The molecule has 0 N–H and O–H groups in total. The zero-order valence-corrected chi connectivity index (χ0v) is 9.90. The van der Waals surface area contributed by atoms with Gasteiger partial charge in [0.15, 0.2) is 5.82 Å². The third-order valence-electron chi connectivity index (χ3n) is 2.99. The van der Waals surface area contributed by atoms with Crippen LogP contribution in [0.15, 0.2) is 10.1 Å². The fraction of sp³-hybridized carbons (Fsp3) is 0.667. The van der Waals surface area contributed by atoms with Crippen LogP contribution in [0.1, 0.15) is 50.7 Å². The summed E-state index contributed by atoms with van der Waals surface area (Å²) in [6.45, 7) is 5.80. The van der Waals surface area contributed by atoms with Gasteiger partial charge in [-0.1, -0.05) is 24.6 Å². The summed E-state index contributed by atoms with van der Waals surface area (Å²) in [7, 11) is 0. The molecule has 1 fully saturated rings. The fourth-order valence-corrected chi connectivity index (χ4v) is 1.84. The van der Waals surface area contributed by atoms with Crippen LogP contribution in [0, 0.1) is 0 Å². The van der Waals surface area contributed by atoms with Crippen molar-refractivity contribution in [3.05, 3.63) is 17.3 Å². The van der Waals surface area contributed by atoms with Crippen LogP contribution in [0.5, 0.6) is 0 Å². The Balaban J connectivity index is 2.09. The number of hydrogen-bond donors (Lipinski definition) is 0. The molecule has 0 saturated carbocycles. The summed E-state index contributed by atoms with van der Waals surface area (Å²) in [5.41, 5.74) is 1.33. The van der Waals surface area contributed by atoms with Gasteiger partial charge in [-0.2, -0.15) is 4.98 Å². The number of nitrogens with zero attached hydrogens (tertiary/aromatic N) is 2. The highest BCUT2D eigenvalue weighted by Gasteiger charge is 2.22. The highest BCUT2D eigenvalue weighted by molar-refractivity contribution is 5.43. The van der Waals surface area contributed by atoms with Gasteiger partial charge < -0.3 is 9.26 Å². The first kappa shape index (κ1) is 11.3. The van der Waals surface area contributed by atoms with Crippen molar-refractivity contribution in [2.45, 2.75) is 39.0 Å². The van der Waals surface area contributed by atoms with E-state index in [2.05, 4.69) is 24.0 Å². The number of hydrogen-bond acceptors (Lipinski definition) is 4. The highest BCUT2D eigenvalue weighted by atomic mass is 16.5. The minimum Gasteiger partial charge on any atom is -0.381 e. The minimum absolute atomic E-state index is 0.317. The molecule has 1 aromatic rings. The maximum absolute atomic E-state index is 5.31. The Kier molecular flexibility index (Phi) is 3.72. The molecule has 1 atom stereocenters. The molecule has 88 valence electrons. The van der Waals surface area contributed by atoms with Crippen LogP contribution in [0.25, 0.3) is 6.08 Å². The Labute approximate surface area is 95.7 Å². The van der Waals surface area contributed by atoms with E-state index < -0.39 is 0 Å². The van der Waals surface area contributed by atoms with E-state index in [1.54, 1.807) is 0 Å². The van der Waals surface area contributed by atoms with Crippen molar-refractivity contribution in [1.82, 2.24) is 10.1 Å². The van der Waals surface area contributed by atoms with E-state index in [9.17, 15) is 0 Å². The first-order valence-electron chi connectivity index (χ1n) is 5.94. The molecule has 16 heavy (non-hydrogen) atoms. The monoisotopic (exact) mass is 222 g/mol. The molecule has 0 amide bonds. The Morgan fingerprint density at radius 3 is 2.88 bits per heavy atom. The quantitative estimate of drug-likeness (QED) is 0.786. The van der Waals surface area contributed by atoms with Gasteiger partial charge in [0.25, 0.3) is 5.89 Å². The molecule has 2 rings (SSSR count). The molecule has 0 bridgehead atoms. The Morgan fingerprint density at radius 2 is 2.25 bits per heavy atom.